The molecule has 0 saturated carbocycles. The van der Waals surface area contributed by atoms with Crippen LogP contribution >= 0.6 is 22.6 Å². The third-order valence-electron chi connectivity index (χ3n) is 3.09. The first-order valence-electron chi connectivity index (χ1n) is 5.26. The largest absolute Gasteiger partial charge is 0.0785 e. The number of halogens is 1. The second-order valence-electron chi connectivity index (χ2n) is 4.75. The van der Waals surface area contributed by atoms with Crippen molar-refractivity contribution in [3.05, 3.63) is 10.2 Å². The van der Waals surface area contributed by atoms with Gasteiger partial charge in [-0.3, -0.25) is 0 Å². The standard InChI is InChI=1S/C12H23I/c1-11(2)12(3,4)9-7-5-6-8-10-13/h8,10-11H,5-7,9H2,1-4H3/b10-8+. The second-order valence-corrected chi connectivity index (χ2v) is 5.47. The van der Waals surface area contributed by atoms with Crippen molar-refractivity contribution in [3.63, 3.8) is 0 Å². The zero-order valence-corrected chi connectivity index (χ0v) is 11.6. The molecule has 0 aromatic rings. The van der Waals surface area contributed by atoms with Gasteiger partial charge < -0.3 is 0 Å². The van der Waals surface area contributed by atoms with Crippen molar-refractivity contribution in [1.82, 2.24) is 0 Å². The first kappa shape index (κ1) is 13.5. The van der Waals surface area contributed by atoms with Crippen molar-refractivity contribution in [2.24, 2.45) is 11.3 Å². The molecule has 0 N–H and O–H groups in total. The van der Waals surface area contributed by atoms with Crippen molar-refractivity contribution in [3.8, 4) is 0 Å². The zero-order chi connectivity index (χ0) is 10.3. The maximum absolute atomic E-state index is 2.38. The van der Waals surface area contributed by atoms with Crippen molar-refractivity contribution >= 4 is 22.6 Å². The molecule has 0 atom stereocenters. The second kappa shape index (κ2) is 6.86. The van der Waals surface area contributed by atoms with Crippen molar-refractivity contribution < 1.29 is 0 Å². The highest BCUT2D eigenvalue weighted by molar-refractivity contribution is 14.1. The van der Waals surface area contributed by atoms with Gasteiger partial charge in [0.15, 0.2) is 0 Å². The van der Waals surface area contributed by atoms with Gasteiger partial charge in [0.05, 0.1) is 0 Å². The molecule has 0 spiro atoms. The van der Waals surface area contributed by atoms with E-state index in [2.05, 4.69) is 60.4 Å². The smallest absolute Gasteiger partial charge is 0.0274 e. The third kappa shape index (κ3) is 6.53. The van der Waals surface area contributed by atoms with E-state index in [9.17, 15) is 0 Å². The summed E-state index contributed by atoms with van der Waals surface area (Å²) in [6.45, 7) is 9.41. The summed E-state index contributed by atoms with van der Waals surface area (Å²) in [4.78, 5) is 0. The molecule has 0 nitrogen and oxygen atoms in total. The fourth-order valence-corrected chi connectivity index (χ4v) is 1.55. The van der Waals surface area contributed by atoms with Crippen LogP contribution in [0.25, 0.3) is 0 Å². The first-order chi connectivity index (χ1) is 6.00. The third-order valence-corrected chi connectivity index (χ3v) is 3.60. The molecule has 0 aromatic heterocycles. The summed E-state index contributed by atoms with van der Waals surface area (Å²) >= 11 is 2.29. The summed E-state index contributed by atoms with van der Waals surface area (Å²) in [5.41, 5.74) is 0.522. The van der Waals surface area contributed by atoms with E-state index in [0.29, 0.717) is 5.41 Å². The molecule has 0 aliphatic carbocycles. The molecule has 0 aliphatic rings. The minimum Gasteiger partial charge on any atom is -0.0785 e. The lowest BCUT2D eigenvalue weighted by Gasteiger charge is -2.29. The van der Waals surface area contributed by atoms with Crippen LogP contribution in [0.5, 0.6) is 0 Å². The van der Waals surface area contributed by atoms with Gasteiger partial charge in [0.2, 0.25) is 0 Å². The average molecular weight is 294 g/mol. The Kier molecular flexibility index (Phi) is 7.10. The lowest BCUT2D eigenvalue weighted by Crippen LogP contribution is -2.18. The molecule has 0 fully saturated rings. The highest BCUT2D eigenvalue weighted by Gasteiger charge is 2.20. The van der Waals surface area contributed by atoms with Crippen LogP contribution in [0.15, 0.2) is 10.2 Å². The average Bonchev–Trinajstić information content (AvgIpc) is 2.03. The molecule has 0 aromatic carbocycles. The van der Waals surface area contributed by atoms with Gasteiger partial charge in [-0.2, -0.15) is 0 Å². The number of rotatable bonds is 6. The molecule has 0 saturated heterocycles. The molecule has 0 unspecified atom stereocenters. The molecular formula is C12H23I. The Bertz CT molecular complexity index is 145. The van der Waals surface area contributed by atoms with E-state index in [1.807, 2.05) is 0 Å². The molecule has 0 heterocycles. The van der Waals surface area contributed by atoms with Gasteiger partial charge in [0.1, 0.15) is 0 Å². The van der Waals surface area contributed by atoms with Crippen molar-refractivity contribution in [2.45, 2.75) is 53.4 Å². The quantitative estimate of drug-likeness (QED) is 0.468. The Morgan fingerprint density at radius 2 is 1.85 bits per heavy atom. The van der Waals surface area contributed by atoms with Gasteiger partial charge >= 0.3 is 0 Å². The van der Waals surface area contributed by atoms with Crippen LogP contribution in [0.1, 0.15) is 53.4 Å². The van der Waals surface area contributed by atoms with Crippen LogP contribution in [-0.4, -0.2) is 0 Å². The molecular weight excluding hydrogens is 271 g/mol. The van der Waals surface area contributed by atoms with E-state index < -0.39 is 0 Å². The highest BCUT2D eigenvalue weighted by Crippen LogP contribution is 2.31. The Labute approximate surface area is 97.3 Å². The topological polar surface area (TPSA) is 0 Å². The van der Waals surface area contributed by atoms with Gasteiger partial charge in [-0.15, -0.1) is 0 Å². The number of hydrogen-bond acceptors (Lipinski definition) is 0. The molecule has 0 radical (unpaired) electrons. The van der Waals surface area contributed by atoms with Crippen LogP contribution in [0.4, 0.5) is 0 Å². The van der Waals surface area contributed by atoms with E-state index >= 15 is 0 Å². The fourth-order valence-electron chi connectivity index (χ4n) is 1.19. The molecule has 0 aliphatic heterocycles. The summed E-state index contributed by atoms with van der Waals surface area (Å²) in [5, 5.41) is 0. The van der Waals surface area contributed by atoms with E-state index in [1.165, 1.54) is 25.7 Å². The van der Waals surface area contributed by atoms with Crippen LogP contribution in [0, 0.1) is 11.3 Å². The predicted octanol–water partition coefficient (Wildman–Crippen LogP) is 5.18. The van der Waals surface area contributed by atoms with Gasteiger partial charge in [-0.05, 0) is 34.7 Å². The summed E-state index contributed by atoms with van der Waals surface area (Å²) < 4.78 is 2.12. The van der Waals surface area contributed by atoms with Gasteiger partial charge in [0.25, 0.3) is 0 Å². The summed E-state index contributed by atoms with van der Waals surface area (Å²) in [5.74, 6) is 0.799. The predicted molar refractivity (Wildman–Crippen MR) is 70.2 cm³/mol. The summed E-state index contributed by atoms with van der Waals surface area (Å²) in [6, 6.07) is 0. The van der Waals surface area contributed by atoms with E-state index in [1.54, 1.807) is 0 Å². The SMILES string of the molecule is CC(C)C(C)(C)CCCC/C=C/I. The minimum absolute atomic E-state index is 0.522. The maximum Gasteiger partial charge on any atom is -0.0274 e. The first-order valence-corrected chi connectivity index (χ1v) is 6.50. The Balaban J connectivity index is 3.52. The van der Waals surface area contributed by atoms with Crippen LogP contribution in [0.3, 0.4) is 0 Å². The van der Waals surface area contributed by atoms with E-state index in [0.717, 1.165) is 5.92 Å². The molecule has 13 heavy (non-hydrogen) atoms. The summed E-state index contributed by atoms with van der Waals surface area (Å²) in [7, 11) is 0. The Hall–Kier alpha value is 0.470. The highest BCUT2D eigenvalue weighted by atomic mass is 127. The molecule has 0 amide bonds. The Morgan fingerprint density at radius 3 is 2.31 bits per heavy atom. The van der Waals surface area contributed by atoms with Crippen molar-refractivity contribution in [1.29, 1.82) is 0 Å². The monoisotopic (exact) mass is 294 g/mol. The lowest BCUT2D eigenvalue weighted by atomic mass is 9.77. The fraction of sp³-hybridized carbons (Fsp3) is 0.833. The van der Waals surface area contributed by atoms with Gasteiger partial charge in [-0.25, -0.2) is 0 Å². The molecule has 78 valence electrons. The number of hydrogen-bond donors (Lipinski definition) is 0. The van der Waals surface area contributed by atoms with E-state index in [4.69, 9.17) is 0 Å². The van der Waals surface area contributed by atoms with Crippen LogP contribution in [-0.2, 0) is 0 Å². The number of allylic oxidation sites excluding steroid dienone is 1. The molecule has 1 heteroatoms. The van der Waals surface area contributed by atoms with E-state index in [-0.39, 0.29) is 0 Å². The van der Waals surface area contributed by atoms with Crippen LogP contribution < -0.4 is 0 Å². The molecule has 0 bridgehead atoms. The van der Waals surface area contributed by atoms with Gasteiger partial charge in [0, 0.05) is 0 Å². The summed E-state index contributed by atoms with van der Waals surface area (Å²) in [6.07, 6.45) is 7.57. The molecule has 0 rings (SSSR count). The minimum atomic E-state index is 0.522. The normalized spacial score (nSPS) is 13.1. The van der Waals surface area contributed by atoms with Crippen molar-refractivity contribution in [2.75, 3.05) is 0 Å². The number of unbranched alkanes of at least 4 members (excludes halogenated alkanes) is 2. The Morgan fingerprint density at radius 1 is 1.23 bits per heavy atom. The zero-order valence-electron chi connectivity index (χ0n) is 9.44. The maximum atomic E-state index is 2.38. The van der Waals surface area contributed by atoms with Crippen LogP contribution in [0.2, 0.25) is 0 Å². The lowest BCUT2D eigenvalue weighted by molar-refractivity contribution is 0.222. The van der Waals surface area contributed by atoms with Gasteiger partial charge in [-0.1, -0.05) is 62.8 Å².